The maximum atomic E-state index is 4.60. The van der Waals surface area contributed by atoms with Gasteiger partial charge in [-0.05, 0) is 24.3 Å². The van der Waals surface area contributed by atoms with Gasteiger partial charge in [-0.25, -0.2) is 9.97 Å². The minimum Gasteiger partial charge on any atom is -0.369 e. The Labute approximate surface area is 127 Å². The highest BCUT2D eigenvalue weighted by Gasteiger charge is 2.07. The fraction of sp³-hybridized carbons (Fsp3) is 0.429. The maximum Gasteiger partial charge on any atom is 0.138 e. The molecule has 0 bridgehead atoms. The van der Waals surface area contributed by atoms with E-state index in [-0.39, 0.29) is 0 Å². The van der Waals surface area contributed by atoms with Crippen LogP contribution in [-0.4, -0.2) is 31.3 Å². The molecule has 0 fully saturated rings. The van der Waals surface area contributed by atoms with Crippen LogP contribution >= 0.6 is 11.3 Å². The zero-order valence-corrected chi connectivity index (χ0v) is 12.8. The summed E-state index contributed by atoms with van der Waals surface area (Å²) in [4.78, 5) is 10.2. The van der Waals surface area contributed by atoms with Crippen LogP contribution in [0.2, 0.25) is 0 Å². The molecule has 0 saturated heterocycles. The Kier molecular flexibility index (Phi) is 4.40. The summed E-state index contributed by atoms with van der Waals surface area (Å²) >= 11 is 1.66. The van der Waals surface area contributed by atoms with E-state index < -0.39 is 0 Å². The lowest BCUT2D eigenvalue weighted by atomic mass is 10.3. The lowest BCUT2D eigenvalue weighted by Gasteiger charge is -2.08. The van der Waals surface area contributed by atoms with Crippen molar-refractivity contribution in [3.05, 3.63) is 29.9 Å². The summed E-state index contributed by atoms with van der Waals surface area (Å²) in [5.41, 5.74) is 0. The molecule has 0 aliphatic carbocycles. The molecule has 7 heteroatoms. The Morgan fingerprint density at radius 1 is 1.19 bits per heavy atom. The highest BCUT2D eigenvalue weighted by atomic mass is 32.1. The minimum atomic E-state index is 0.857. The average Bonchev–Trinajstić information content (AvgIpc) is 3.17. The van der Waals surface area contributed by atoms with Crippen LogP contribution in [0.5, 0.6) is 0 Å². The SMILES string of the molecule is CCc1nc(NCCCCn2cnnc2)c2ccsc2n1. The molecule has 110 valence electrons. The van der Waals surface area contributed by atoms with Crippen molar-refractivity contribution >= 4 is 27.4 Å². The molecule has 0 radical (unpaired) electrons. The van der Waals surface area contributed by atoms with Crippen molar-refractivity contribution in [1.29, 1.82) is 0 Å². The molecule has 3 aromatic heterocycles. The third kappa shape index (κ3) is 3.36. The number of fused-ring (bicyclic) bond motifs is 1. The number of hydrogen-bond donors (Lipinski definition) is 1. The van der Waals surface area contributed by atoms with Crippen LogP contribution < -0.4 is 5.32 Å². The highest BCUT2D eigenvalue weighted by Crippen LogP contribution is 2.25. The summed E-state index contributed by atoms with van der Waals surface area (Å²) in [6.07, 6.45) is 6.52. The first-order valence-electron chi connectivity index (χ1n) is 7.17. The number of aromatic nitrogens is 5. The number of hydrogen-bond acceptors (Lipinski definition) is 6. The van der Waals surface area contributed by atoms with Crippen molar-refractivity contribution in [2.24, 2.45) is 0 Å². The van der Waals surface area contributed by atoms with Gasteiger partial charge in [0.15, 0.2) is 0 Å². The average molecular weight is 302 g/mol. The first-order chi connectivity index (χ1) is 10.4. The number of aryl methyl sites for hydroxylation is 2. The topological polar surface area (TPSA) is 68.5 Å². The summed E-state index contributed by atoms with van der Waals surface area (Å²) in [6, 6.07) is 2.08. The van der Waals surface area contributed by atoms with Gasteiger partial charge in [0, 0.05) is 19.5 Å². The number of rotatable bonds is 7. The number of unbranched alkanes of at least 4 members (excludes halogenated alkanes) is 1. The molecule has 3 heterocycles. The van der Waals surface area contributed by atoms with Crippen LogP contribution in [0.3, 0.4) is 0 Å². The molecule has 3 rings (SSSR count). The predicted octanol–water partition coefficient (Wildman–Crippen LogP) is 2.74. The van der Waals surface area contributed by atoms with Gasteiger partial charge >= 0.3 is 0 Å². The van der Waals surface area contributed by atoms with Gasteiger partial charge in [-0.15, -0.1) is 21.5 Å². The van der Waals surface area contributed by atoms with Crippen LogP contribution in [0, 0.1) is 0 Å². The zero-order valence-electron chi connectivity index (χ0n) is 12.0. The van der Waals surface area contributed by atoms with E-state index >= 15 is 0 Å². The first kappa shape index (κ1) is 13.9. The molecule has 0 aromatic carbocycles. The Bertz CT molecular complexity index is 691. The van der Waals surface area contributed by atoms with Gasteiger partial charge < -0.3 is 9.88 Å². The predicted molar refractivity (Wildman–Crippen MR) is 84.5 cm³/mol. The molecule has 0 aliphatic rings. The third-order valence-electron chi connectivity index (χ3n) is 3.29. The van der Waals surface area contributed by atoms with E-state index in [0.29, 0.717) is 0 Å². The molecule has 3 aromatic rings. The number of nitrogens with zero attached hydrogens (tertiary/aromatic N) is 5. The van der Waals surface area contributed by atoms with E-state index in [1.165, 1.54) is 0 Å². The largest absolute Gasteiger partial charge is 0.369 e. The molecular weight excluding hydrogens is 284 g/mol. The van der Waals surface area contributed by atoms with Gasteiger partial charge in [-0.3, -0.25) is 0 Å². The fourth-order valence-corrected chi connectivity index (χ4v) is 2.94. The molecule has 0 aliphatic heterocycles. The lowest BCUT2D eigenvalue weighted by molar-refractivity contribution is 0.619. The fourth-order valence-electron chi connectivity index (χ4n) is 2.16. The van der Waals surface area contributed by atoms with Crippen LogP contribution in [-0.2, 0) is 13.0 Å². The molecule has 0 amide bonds. The third-order valence-corrected chi connectivity index (χ3v) is 4.10. The monoisotopic (exact) mass is 302 g/mol. The Balaban J connectivity index is 1.56. The second-order valence-corrected chi connectivity index (χ2v) is 5.71. The molecular formula is C14H18N6S. The molecule has 0 unspecified atom stereocenters. The van der Waals surface area contributed by atoms with Crippen molar-refractivity contribution in [1.82, 2.24) is 24.7 Å². The van der Waals surface area contributed by atoms with Crippen LogP contribution in [0.25, 0.3) is 10.2 Å². The molecule has 6 nitrogen and oxygen atoms in total. The maximum absolute atomic E-state index is 4.60. The van der Waals surface area contributed by atoms with Gasteiger partial charge in [0.1, 0.15) is 29.1 Å². The van der Waals surface area contributed by atoms with Gasteiger partial charge in [-0.1, -0.05) is 6.92 Å². The van der Waals surface area contributed by atoms with E-state index in [4.69, 9.17) is 0 Å². The quantitative estimate of drug-likeness (QED) is 0.680. The molecule has 21 heavy (non-hydrogen) atoms. The second-order valence-electron chi connectivity index (χ2n) is 4.82. The first-order valence-corrected chi connectivity index (χ1v) is 8.05. The van der Waals surface area contributed by atoms with E-state index in [9.17, 15) is 0 Å². The van der Waals surface area contributed by atoms with Crippen molar-refractivity contribution in [2.45, 2.75) is 32.7 Å². The highest BCUT2D eigenvalue weighted by molar-refractivity contribution is 7.16. The van der Waals surface area contributed by atoms with E-state index in [2.05, 4.69) is 43.9 Å². The summed E-state index contributed by atoms with van der Waals surface area (Å²) < 4.78 is 2.00. The number of nitrogens with one attached hydrogen (secondary N) is 1. The Hall–Kier alpha value is -2.02. The van der Waals surface area contributed by atoms with Gasteiger partial charge in [0.2, 0.25) is 0 Å². The standard InChI is InChI=1S/C14H18N6S/c1-2-12-18-13(11-5-8-21-14(11)19-12)15-6-3-4-7-20-9-16-17-10-20/h5,8-10H,2-4,6-7H2,1H3,(H,15,18,19). The second kappa shape index (κ2) is 6.62. The minimum absolute atomic E-state index is 0.857. The van der Waals surface area contributed by atoms with E-state index in [1.54, 1.807) is 24.0 Å². The van der Waals surface area contributed by atoms with Crippen molar-refractivity contribution in [3.63, 3.8) is 0 Å². The smallest absolute Gasteiger partial charge is 0.138 e. The van der Waals surface area contributed by atoms with E-state index in [0.717, 1.165) is 54.2 Å². The summed E-state index contributed by atoms with van der Waals surface area (Å²) in [5.74, 6) is 1.86. The zero-order chi connectivity index (χ0) is 14.5. The lowest BCUT2D eigenvalue weighted by Crippen LogP contribution is -2.07. The van der Waals surface area contributed by atoms with Crippen LogP contribution in [0.1, 0.15) is 25.6 Å². The molecule has 0 saturated carbocycles. The van der Waals surface area contributed by atoms with Crippen molar-refractivity contribution in [3.8, 4) is 0 Å². The van der Waals surface area contributed by atoms with Crippen LogP contribution in [0.15, 0.2) is 24.1 Å². The van der Waals surface area contributed by atoms with Crippen molar-refractivity contribution in [2.75, 3.05) is 11.9 Å². The number of thiophene rings is 1. The van der Waals surface area contributed by atoms with Gasteiger partial charge in [0.25, 0.3) is 0 Å². The molecule has 0 atom stereocenters. The Morgan fingerprint density at radius 3 is 2.86 bits per heavy atom. The normalized spacial score (nSPS) is 11.1. The molecule has 1 N–H and O–H groups in total. The van der Waals surface area contributed by atoms with E-state index in [1.807, 2.05) is 4.57 Å². The summed E-state index contributed by atoms with van der Waals surface area (Å²) in [6.45, 7) is 3.94. The molecule has 0 spiro atoms. The van der Waals surface area contributed by atoms with Crippen LogP contribution in [0.4, 0.5) is 5.82 Å². The Morgan fingerprint density at radius 2 is 2.05 bits per heavy atom. The number of anilines is 1. The van der Waals surface area contributed by atoms with Crippen molar-refractivity contribution < 1.29 is 0 Å². The summed E-state index contributed by atoms with van der Waals surface area (Å²) in [5, 5.41) is 14.2. The summed E-state index contributed by atoms with van der Waals surface area (Å²) in [7, 11) is 0. The van der Waals surface area contributed by atoms with Gasteiger partial charge in [-0.2, -0.15) is 0 Å². The van der Waals surface area contributed by atoms with Gasteiger partial charge in [0.05, 0.1) is 5.39 Å².